The Bertz CT molecular complexity index is 1730. The molecule has 13 nitrogen and oxygen atoms in total. The largest absolute Gasteiger partial charge is 0.405 e. The van der Waals surface area contributed by atoms with Crippen molar-refractivity contribution in [2.75, 3.05) is 51.3 Å². The number of anilines is 1. The van der Waals surface area contributed by atoms with Crippen molar-refractivity contribution in [1.82, 2.24) is 39.5 Å². The fraction of sp³-hybridized carbons (Fsp3) is 0.357. The molecule has 2 N–H and O–H groups in total. The molecule has 1 aromatic carbocycles. The van der Waals surface area contributed by atoms with Crippen LogP contribution >= 0.6 is 0 Å². The average molecular weight is 609 g/mol. The first-order valence-corrected chi connectivity index (χ1v) is 13.7. The zero-order valence-electron chi connectivity index (χ0n) is 23.3. The molecular weight excluding hydrogens is 581 g/mol. The van der Waals surface area contributed by atoms with E-state index < -0.39 is 24.3 Å². The number of hydrogen-bond acceptors (Lipinski definition) is 7. The second-order valence-corrected chi connectivity index (χ2v) is 10.6. The maximum atomic E-state index is 12.9. The van der Waals surface area contributed by atoms with Crippen molar-refractivity contribution >= 4 is 23.4 Å². The lowest BCUT2D eigenvalue weighted by Gasteiger charge is -2.50. The third-order valence-corrected chi connectivity index (χ3v) is 7.56. The number of nitrogens with one attached hydrogen (secondary N) is 2. The Morgan fingerprint density at radius 3 is 2.55 bits per heavy atom. The highest BCUT2D eigenvalue weighted by molar-refractivity contribution is 5.90. The molecule has 4 aromatic rings. The molecule has 4 amide bonds. The molecule has 5 heterocycles. The van der Waals surface area contributed by atoms with Gasteiger partial charge in [-0.05, 0) is 18.2 Å². The SMILES string of the molecule is N#CCC1(n2cc(-c3cnn4c(-c5cccc(NC(=O)NCC(F)(F)F)c5)cnc4c3)cn2)CN(C(=O)N2CCOCC2)C1. The fourth-order valence-corrected chi connectivity index (χ4v) is 5.31. The van der Waals surface area contributed by atoms with Crippen LogP contribution < -0.4 is 10.6 Å². The number of hydrogen-bond donors (Lipinski definition) is 2. The van der Waals surface area contributed by atoms with Gasteiger partial charge in [0.05, 0.1) is 63.1 Å². The van der Waals surface area contributed by atoms with Gasteiger partial charge < -0.3 is 25.2 Å². The number of amides is 4. The average Bonchev–Trinajstić information content (AvgIpc) is 3.65. The molecular formula is C28H27F3N10O3. The van der Waals surface area contributed by atoms with Gasteiger partial charge in [-0.2, -0.15) is 28.6 Å². The summed E-state index contributed by atoms with van der Waals surface area (Å²) >= 11 is 0. The molecule has 0 atom stereocenters. The van der Waals surface area contributed by atoms with E-state index in [0.29, 0.717) is 62.0 Å². The number of benzene rings is 1. The van der Waals surface area contributed by atoms with Crippen molar-refractivity contribution in [2.45, 2.75) is 18.1 Å². The predicted octanol–water partition coefficient (Wildman–Crippen LogP) is 3.32. The number of carbonyl (C=O) groups is 2. The van der Waals surface area contributed by atoms with Crippen molar-refractivity contribution < 1.29 is 27.5 Å². The molecule has 0 unspecified atom stereocenters. The maximum Gasteiger partial charge on any atom is 0.405 e. The topological polar surface area (TPSA) is 146 Å². The van der Waals surface area contributed by atoms with Crippen LogP contribution in [0.25, 0.3) is 28.0 Å². The van der Waals surface area contributed by atoms with Gasteiger partial charge in [0.2, 0.25) is 0 Å². The monoisotopic (exact) mass is 608 g/mol. The number of morpholine rings is 1. The smallest absolute Gasteiger partial charge is 0.378 e. The van der Waals surface area contributed by atoms with E-state index in [9.17, 15) is 28.0 Å². The van der Waals surface area contributed by atoms with Crippen LogP contribution in [-0.2, 0) is 10.3 Å². The van der Waals surface area contributed by atoms with Gasteiger partial charge in [0.15, 0.2) is 5.65 Å². The Morgan fingerprint density at radius 1 is 1.02 bits per heavy atom. The summed E-state index contributed by atoms with van der Waals surface area (Å²) in [6.45, 7) is 1.41. The number of alkyl halides is 3. The van der Waals surface area contributed by atoms with Gasteiger partial charge in [-0.1, -0.05) is 12.1 Å². The lowest BCUT2D eigenvalue weighted by Crippen LogP contribution is -2.66. The van der Waals surface area contributed by atoms with Crippen LogP contribution in [0.1, 0.15) is 6.42 Å². The summed E-state index contributed by atoms with van der Waals surface area (Å²) in [5.74, 6) is 0. The van der Waals surface area contributed by atoms with Crippen LogP contribution in [-0.4, -0.2) is 98.4 Å². The molecule has 0 spiro atoms. The van der Waals surface area contributed by atoms with E-state index in [2.05, 4.69) is 26.6 Å². The summed E-state index contributed by atoms with van der Waals surface area (Å²) in [6, 6.07) is 9.61. The number of imidazole rings is 1. The summed E-state index contributed by atoms with van der Waals surface area (Å²) in [5.41, 5.74) is 2.95. The number of likely N-dealkylation sites (tertiary alicyclic amines) is 1. The minimum Gasteiger partial charge on any atom is -0.378 e. The molecule has 2 aliphatic rings. The van der Waals surface area contributed by atoms with Gasteiger partial charge in [0.25, 0.3) is 0 Å². The molecule has 228 valence electrons. The molecule has 0 saturated carbocycles. The summed E-state index contributed by atoms with van der Waals surface area (Å²) in [4.78, 5) is 32.7. The van der Waals surface area contributed by atoms with Gasteiger partial charge in [-0.3, -0.25) is 4.68 Å². The quantitative estimate of drug-likeness (QED) is 0.342. The first-order valence-electron chi connectivity index (χ1n) is 13.7. The van der Waals surface area contributed by atoms with Crippen molar-refractivity contribution in [3.63, 3.8) is 0 Å². The second kappa shape index (κ2) is 11.5. The van der Waals surface area contributed by atoms with Crippen molar-refractivity contribution in [2.24, 2.45) is 0 Å². The molecule has 2 saturated heterocycles. The molecule has 44 heavy (non-hydrogen) atoms. The molecule has 2 fully saturated rings. The number of rotatable bonds is 6. The normalized spacial score (nSPS) is 16.3. The number of fused-ring (bicyclic) bond motifs is 1. The maximum absolute atomic E-state index is 12.9. The van der Waals surface area contributed by atoms with Gasteiger partial charge >= 0.3 is 18.2 Å². The summed E-state index contributed by atoms with van der Waals surface area (Å²) in [5, 5.41) is 22.8. The van der Waals surface area contributed by atoms with E-state index in [0.717, 1.165) is 11.1 Å². The van der Waals surface area contributed by atoms with Crippen LogP contribution in [0.5, 0.6) is 0 Å². The third kappa shape index (κ3) is 5.86. The molecule has 16 heteroatoms. The van der Waals surface area contributed by atoms with Crippen molar-refractivity contribution in [3.8, 4) is 28.5 Å². The van der Waals surface area contributed by atoms with Gasteiger partial charge in [0, 0.05) is 41.7 Å². The summed E-state index contributed by atoms with van der Waals surface area (Å²) in [7, 11) is 0. The second-order valence-electron chi connectivity index (χ2n) is 10.6. The Hall–Kier alpha value is -5.17. The third-order valence-electron chi connectivity index (χ3n) is 7.56. The number of urea groups is 2. The lowest BCUT2D eigenvalue weighted by molar-refractivity contribution is -0.122. The Morgan fingerprint density at radius 2 is 1.80 bits per heavy atom. The number of aromatic nitrogens is 5. The first kappa shape index (κ1) is 28.9. The summed E-state index contributed by atoms with van der Waals surface area (Å²) in [6.07, 6.45) is 2.46. The standard InChI is InChI=1S/C28H27F3N10O3/c29-28(30,31)16-34-25(42)37-22-3-1-2-19(10-22)23-14-33-24-11-20(12-36-41(23)24)21-13-35-40(15-21)27(4-5-32)17-39(18-27)26(43)38-6-8-44-9-7-38/h1-3,10-15H,4,6-9,16-18H2,(H2,34,37,42). The highest BCUT2D eigenvalue weighted by atomic mass is 19.4. The first-order chi connectivity index (χ1) is 21.1. The number of carbonyl (C=O) groups excluding carboxylic acids is 2. The van der Waals surface area contributed by atoms with Crippen LogP contribution in [0.3, 0.4) is 0 Å². The Balaban J connectivity index is 1.17. The van der Waals surface area contributed by atoms with E-state index in [4.69, 9.17) is 4.74 Å². The van der Waals surface area contributed by atoms with Crippen molar-refractivity contribution in [3.05, 3.63) is 55.1 Å². The van der Waals surface area contributed by atoms with E-state index in [1.54, 1.807) is 67.2 Å². The van der Waals surface area contributed by atoms with Gasteiger partial charge in [-0.15, -0.1) is 0 Å². The molecule has 0 bridgehead atoms. The number of nitrogens with zero attached hydrogens (tertiary/aromatic N) is 8. The van der Waals surface area contributed by atoms with E-state index in [-0.39, 0.29) is 12.5 Å². The molecule has 2 aliphatic heterocycles. The minimum atomic E-state index is -4.51. The zero-order chi connectivity index (χ0) is 30.9. The fourth-order valence-electron chi connectivity index (χ4n) is 5.31. The van der Waals surface area contributed by atoms with Gasteiger partial charge in [0.1, 0.15) is 12.1 Å². The Labute approximate surface area is 248 Å². The lowest BCUT2D eigenvalue weighted by atomic mass is 9.87. The number of ether oxygens (including phenoxy) is 1. The van der Waals surface area contributed by atoms with Crippen LogP contribution in [0, 0.1) is 11.3 Å². The molecule has 0 aliphatic carbocycles. The molecule has 0 radical (unpaired) electrons. The predicted molar refractivity (Wildman–Crippen MR) is 150 cm³/mol. The van der Waals surface area contributed by atoms with E-state index in [1.165, 1.54) is 0 Å². The van der Waals surface area contributed by atoms with Crippen LogP contribution in [0.15, 0.2) is 55.1 Å². The van der Waals surface area contributed by atoms with Crippen LogP contribution in [0.4, 0.5) is 28.4 Å². The summed E-state index contributed by atoms with van der Waals surface area (Å²) < 4.78 is 45.9. The minimum absolute atomic E-state index is 0.0648. The highest BCUT2D eigenvalue weighted by Gasteiger charge is 2.48. The van der Waals surface area contributed by atoms with Crippen molar-refractivity contribution in [1.29, 1.82) is 5.26 Å². The number of nitriles is 1. The van der Waals surface area contributed by atoms with E-state index >= 15 is 0 Å². The van der Waals surface area contributed by atoms with Crippen LogP contribution in [0.2, 0.25) is 0 Å². The Kier molecular flexibility index (Phi) is 7.55. The number of halogens is 3. The highest BCUT2D eigenvalue weighted by Crippen LogP contribution is 2.34. The molecule has 3 aromatic heterocycles. The zero-order valence-corrected chi connectivity index (χ0v) is 23.3. The van der Waals surface area contributed by atoms with E-state index in [1.807, 2.05) is 12.3 Å². The van der Waals surface area contributed by atoms with Gasteiger partial charge in [-0.25, -0.2) is 19.1 Å². The molecule has 6 rings (SSSR count).